The fourth-order valence-electron chi connectivity index (χ4n) is 2.32. The van der Waals surface area contributed by atoms with Gasteiger partial charge in [-0.05, 0) is 18.9 Å². The molecule has 0 aliphatic heterocycles. The molecule has 0 spiro atoms. The van der Waals surface area contributed by atoms with E-state index in [1.54, 1.807) is 12.1 Å². The first-order valence-corrected chi connectivity index (χ1v) is 7.19. The van der Waals surface area contributed by atoms with E-state index in [0.29, 0.717) is 0 Å². The fourth-order valence-corrected chi connectivity index (χ4v) is 3.04. The molecule has 1 aliphatic carbocycles. The van der Waals surface area contributed by atoms with E-state index in [2.05, 4.69) is 21.2 Å². The molecule has 0 bridgehead atoms. The third kappa shape index (κ3) is 3.32. The summed E-state index contributed by atoms with van der Waals surface area (Å²) in [6, 6.07) is 6.07. The number of nitro benzene ring substituents is 1. The van der Waals surface area contributed by atoms with E-state index in [4.69, 9.17) is 0 Å². The normalized spacial score (nSPS) is 22.8. The van der Waals surface area contributed by atoms with Crippen molar-refractivity contribution >= 4 is 27.5 Å². The molecule has 0 heterocycles. The minimum absolute atomic E-state index is 0.0426. The Balaban J connectivity index is 2.13. The number of para-hydroxylation sites is 1. The van der Waals surface area contributed by atoms with Gasteiger partial charge in [0.25, 0.3) is 11.6 Å². The van der Waals surface area contributed by atoms with Crippen molar-refractivity contribution in [1.82, 2.24) is 5.32 Å². The third-order valence-electron chi connectivity index (χ3n) is 3.34. The maximum atomic E-state index is 12.1. The predicted octanol–water partition coefficient (Wildman–Crippen LogP) is 3.03. The van der Waals surface area contributed by atoms with Crippen LogP contribution in [0.4, 0.5) is 5.69 Å². The van der Waals surface area contributed by atoms with Gasteiger partial charge in [-0.2, -0.15) is 0 Å². The molecule has 1 amide bonds. The highest BCUT2D eigenvalue weighted by molar-refractivity contribution is 9.09. The summed E-state index contributed by atoms with van der Waals surface area (Å²) < 4.78 is 0. The Morgan fingerprint density at radius 3 is 2.68 bits per heavy atom. The van der Waals surface area contributed by atoms with Crippen molar-refractivity contribution in [2.75, 3.05) is 0 Å². The van der Waals surface area contributed by atoms with Crippen LogP contribution in [0.2, 0.25) is 0 Å². The summed E-state index contributed by atoms with van der Waals surface area (Å²) in [5, 5.41) is 13.8. The quantitative estimate of drug-likeness (QED) is 0.527. The Morgan fingerprint density at radius 1 is 1.32 bits per heavy atom. The maximum absolute atomic E-state index is 12.1. The zero-order valence-electron chi connectivity index (χ0n) is 10.3. The first-order chi connectivity index (χ1) is 9.09. The lowest BCUT2D eigenvalue weighted by Crippen LogP contribution is -2.42. The highest BCUT2D eigenvalue weighted by Crippen LogP contribution is 2.25. The van der Waals surface area contributed by atoms with Crippen molar-refractivity contribution in [2.24, 2.45) is 0 Å². The van der Waals surface area contributed by atoms with Gasteiger partial charge in [0.1, 0.15) is 5.56 Å². The second kappa shape index (κ2) is 6.14. The Morgan fingerprint density at radius 2 is 2.00 bits per heavy atom. The van der Waals surface area contributed by atoms with Crippen molar-refractivity contribution in [3.8, 4) is 0 Å². The summed E-state index contributed by atoms with van der Waals surface area (Å²) in [5.41, 5.74) is -0.0281. The van der Waals surface area contributed by atoms with Gasteiger partial charge in [0.15, 0.2) is 0 Å². The number of carbonyl (C=O) groups excluding carboxylic acids is 1. The number of carbonyl (C=O) groups is 1. The minimum atomic E-state index is -0.526. The lowest BCUT2D eigenvalue weighted by molar-refractivity contribution is -0.385. The molecule has 1 aliphatic rings. The van der Waals surface area contributed by atoms with Gasteiger partial charge < -0.3 is 5.32 Å². The molecule has 5 nitrogen and oxygen atoms in total. The maximum Gasteiger partial charge on any atom is 0.282 e. The molecule has 0 aromatic heterocycles. The van der Waals surface area contributed by atoms with Gasteiger partial charge in [0, 0.05) is 16.9 Å². The van der Waals surface area contributed by atoms with Crippen LogP contribution < -0.4 is 5.32 Å². The number of hydrogen-bond donors (Lipinski definition) is 1. The Labute approximate surface area is 119 Å². The smallest absolute Gasteiger partial charge is 0.282 e. The molecule has 6 heteroatoms. The van der Waals surface area contributed by atoms with Gasteiger partial charge in [-0.25, -0.2) is 0 Å². The monoisotopic (exact) mass is 326 g/mol. The number of amides is 1. The number of alkyl halides is 1. The lowest BCUT2D eigenvalue weighted by Gasteiger charge is -2.28. The van der Waals surface area contributed by atoms with Crippen LogP contribution in [0.3, 0.4) is 0 Å². The number of nitrogens with zero attached hydrogens (tertiary/aromatic N) is 1. The van der Waals surface area contributed by atoms with E-state index in [-0.39, 0.29) is 28.0 Å². The van der Waals surface area contributed by atoms with E-state index in [1.807, 2.05) is 0 Å². The molecule has 19 heavy (non-hydrogen) atoms. The largest absolute Gasteiger partial charge is 0.348 e. The molecule has 1 aromatic carbocycles. The second-order valence-corrected chi connectivity index (χ2v) is 5.83. The van der Waals surface area contributed by atoms with Crippen molar-refractivity contribution in [3.05, 3.63) is 39.9 Å². The summed E-state index contributed by atoms with van der Waals surface area (Å²) >= 11 is 3.55. The lowest BCUT2D eigenvalue weighted by atomic mass is 9.95. The number of nitro groups is 1. The van der Waals surface area contributed by atoms with Crippen LogP contribution in [0.5, 0.6) is 0 Å². The van der Waals surface area contributed by atoms with Crippen molar-refractivity contribution in [1.29, 1.82) is 0 Å². The van der Waals surface area contributed by atoms with E-state index in [0.717, 1.165) is 25.7 Å². The molecule has 2 rings (SSSR count). The molecular weight excluding hydrogens is 312 g/mol. The predicted molar refractivity (Wildman–Crippen MR) is 75.5 cm³/mol. The Bertz CT molecular complexity index is 493. The van der Waals surface area contributed by atoms with E-state index >= 15 is 0 Å². The van der Waals surface area contributed by atoms with Gasteiger partial charge in [0.2, 0.25) is 0 Å². The van der Waals surface area contributed by atoms with Crippen LogP contribution in [-0.2, 0) is 0 Å². The molecule has 2 atom stereocenters. The average molecular weight is 327 g/mol. The molecule has 0 saturated heterocycles. The van der Waals surface area contributed by atoms with Crippen molar-refractivity contribution in [2.45, 2.75) is 36.6 Å². The van der Waals surface area contributed by atoms with Gasteiger partial charge in [-0.3, -0.25) is 14.9 Å². The first kappa shape index (κ1) is 14.0. The zero-order valence-corrected chi connectivity index (χ0v) is 11.9. The first-order valence-electron chi connectivity index (χ1n) is 6.28. The van der Waals surface area contributed by atoms with Crippen molar-refractivity contribution < 1.29 is 9.72 Å². The van der Waals surface area contributed by atoms with Crippen LogP contribution in [0.15, 0.2) is 24.3 Å². The number of nitrogens with one attached hydrogen (secondary N) is 1. The van der Waals surface area contributed by atoms with Crippen LogP contribution >= 0.6 is 15.9 Å². The standard InChI is InChI=1S/C13H15BrN2O3/c14-10-6-2-3-7-11(10)15-13(17)9-5-1-4-8-12(9)16(18)19/h1,4-5,8,10-11H,2-3,6-7H2,(H,15,17). The average Bonchev–Trinajstić information content (AvgIpc) is 2.41. The number of halogens is 1. The molecule has 1 aromatic rings. The van der Waals surface area contributed by atoms with Gasteiger partial charge in [-0.15, -0.1) is 0 Å². The SMILES string of the molecule is O=C(NC1CCCCC1Br)c1ccccc1[N+](=O)[O-]. The van der Waals surface area contributed by atoms with Crippen LogP contribution in [0.1, 0.15) is 36.0 Å². The van der Waals surface area contributed by atoms with E-state index in [9.17, 15) is 14.9 Å². The molecule has 1 N–H and O–H groups in total. The third-order valence-corrected chi connectivity index (χ3v) is 4.44. The highest BCUT2D eigenvalue weighted by atomic mass is 79.9. The summed E-state index contributed by atoms with van der Waals surface area (Å²) in [6.07, 6.45) is 4.14. The molecule has 0 radical (unpaired) electrons. The van der Waals surface area contributed by atoms with Gasteiger partial charge >= 0.3 is 0 Å². The Kier molecular flexibility index (Phi) is 4.52. The highest BCUT2D eigenvalue weighted by Gasteiger charge is 2.27. The number of benzene rings is 1. The number of hydrogen-bond acceptors (Lipinski definition) is 3. The molecule has 1 fully saturated rings. The second-order valence-electron chi connectivity index (χ2n) is 4.65. The van der Waals surface area contributed by atoms with E-state index < -0.39 is 4.92 Å². The molecule has 1 saturated carbocycles. The summed E-state index contributed by atoms with van der Waals surface area (Å²) in [5.74, 6) is -0.372. The van der Waals surface area contributed by atoms with Crippen LogP contribution in [-0.4, -0.2) is 21.7 Å². The Hall–Kier alpha value is -1.43. The summed E-state index contributed by atoms with van der Waals surface area (Å²) in [6.45, 7) is 0. The summed E-state index contributed by atoms with van der Waals surface area (Å²) in [7, 11) is 0. The topological polar surface area (TPSA) is 72.2 Å². The van der Waals surface area contributed by atoms with Crippen LogP contribution in [0.25, 0.3) is 0 Å². The zero-order chi connectivity index (χ0) is 13.8. The van der Waals surface area contributed by atoms with Gasteiger partial charge in [-0.1, -0.05) is 40.9 Å². The van der Waals surface area contributed by atoms with Crippen molar-refractivity contribution in [3.63, 3.8) is 0 Å². The van der Waals surface area contributed by atoms with Gasteiger partial charge in [0.05, 0.1) is 4.92 Å². The molecule has 2 unspecified atom stereocenters. The molecular formula is C13H15BrN2O3. The van der Waals surface area contributed by atoms with Crippen LogP contribution in [0, 0.1) is 10.1 Å². The summed E-state index contributed by atoms with van der Waals surface area (Å²) in [4.78, 5) is 22.8. The number of rotatable bonds is 3. The molecule has 102 valence electrons. The minimum Gasteiger partial charge on any atom is -0.348 e. The van der Waals surface area contributed by atoms with E-state index in [1.165, 1.54) is 12.1 Å². The fraction of sp³-hybridized carbons (Fsp3) is 0.462.